The zero-order valence-electron chi connectivity index (χ0n) is 14.8. The van der Waals surface area contributed by atoms with Crippen molar-refractivity contribution in [1.29, 1.82) is 0 Å². The van der Waals surface area contributed by atoms with E-state index in [9.17, 15) is 4.79 Å². The summed E-state index contributed by atoms with van der Waals surface area (Å²) in [5.74, 6) is 0. The number of carbonyl (C=O) groups excluding carboxylic acids is 1. The van der Waals surface area contributed by atoms with Gasteiger partial charge in [0, 0.05) is 0 Å². The third kappa shape index (κ3) is 3.87. The van der Waals surface area contributed by atoms with Crippen LogP contribution in [0.1, 0.15) is 53.1 Å². The van der Waals surface area contributed by atoms with Crippen LogP contribution in [0.5, 0.6) is 0 Å². The van der Waals surface area contributed by atoms with Crippen molar-refractivity contribution in [2.75, 3.05) is 6.61 Å². The molecule has 1 aromatic rings. The van der Waals surface area contributed by atoms with Gasteiger partial charge < -0.3 is 19.4 Å². The molecule has 0 aromatic heterocycles. The zero-order chi connectivity index (χ0) is 17.3. The van der Waals surface area contributed by atoms with Crippen LogP contribution in [-0.2, 0) is 14.0 Å². The Kier molecular flexibility index (Phi) is 5.06. The van der Waals surface area contributed by atoms with Gasteiger partial charge in [0.25, 0.3) is 0 Å². The molecule has 1 saturated heterocycles. The average Bonchev–Trinajstić information content (AvgIpc) is 2.68. The van der Waals surface area contributed by atoms with Gasteiger partial charge in [0.05, 0.1) is 23.9 Å². The summed E-state index contributed by atoms with van der Waals surface area (Å²) in [5.41, 5.74) is 1.18. The minimum atomic E-state index is -0.416. The van der Waals surface area contributed by atoms with Crippen LogP contribution in [0.15, 0.2) is 24.3 Å². The van der Waals surface area contributed by atoms with E-state index in [4.69, 9.17) is 14.0 Å². The minimum Gasteiger partial charge on any atom is -0.450 e. The van der Waals surface area contributed by atoms with Gasteiger partial charge in [-0.15, -0.1) is 0 Å². The summed E-state index contributed by atoms with van der Waals surface area (Å²) >= 11 is 0. The first-order chi connectivity index (χ1) is 10.7. The Morgan fingerprint density at radius 3 is 2.43 bits per heavy atom. The first kappa shape index (κ1) is 17.8. The van der Waals surface area contributed by atoms with Crippen molar-refractivity contribution in [2.24, 2.45) is 0 Å². The Balaban J connectivity index is 2.13. The molecule has 126 valence electrons. The molecular weight excluding hydrogens is 293 g/mol. The Morgan fingerprint density at radius 2 is 1.87 bits per heavy atom. The predicted octanol–water partition coefficient (Wildman–Crippen LogP) is 2.79. The van der Waals surface area contributed by atoms with Crippen molar-refractivity contribution in [2.45, 2.75) is 58.8 Å². The lowest BCUT2D eigenvalue weighted by Gasteiger charge is -2.32. The van der Waals surface area contributed by atoms with Crippen molar-refractivity contribution < 1.29 is 18.8 Å². The number of ether oxygens (including phenoxy) is 1. The Labute approximate surface area is 138 Å². The maximum atomic E-state index is 11.6. The molecule has 0 spiro atoms. The molecule has 1 N–H and O–H groups in total. The molecule has 1 fully saturated rings. The monoisotopic (exact) mass is 319 g/mol. The highest BCUT2D eigenvalue weighted by atomic mass is 16.7. The van der Waals surface area contributed by atoms with E-state index in [1.165, 1.54) is 0 Å². The van der Waals surface area contributed by atoms with Gasteiger partial charge in [-0.1, -0.05) is 24.3 Å². The lowest BCUT2D eigenvalue weighted by atomic mass is 9.78. The van der Waals surface area contributed by atoms with Crippen molar-refractivity contribution in [3.05, 3.63) is 29.8 Å². The van der Waals surface area contributed by atoms with Crippen LogP contribution in [0.3, 0.4) is 0 Å². The van der Waals surface area contributed by atoms with Gasteiger partial charge in [-0.2, -0.15) is 0 Å². The van der Waals surface area contributed by atoms with Crippen molar-refractivity contribution in [3.63, 3.8) is 0 Å². The van der Waals surface area contributed by atoms with Gasteiger partial charge >= 0.3 is 13.2 Å². The Morgan fingerprint density at radius 1 is 1.26 bits per heavy atom. The molecule has 2 rings (SSSR count). The third-order valence-electron chi connectivity index (χ3n) is 4.55. The van der Waals surface area contributed by atoms with E-state index in [2.05, 4.69) is 5.32 Å². The summed E-state index contributed by atoms with van der Waals surface area (Å²) in [6, 6.07) is 7.73. The second-order valence-corrected chi connectivity index (χ2v) is 6.84. The van der Waals surface area contributed by atoms with Crippen molar-refractivity contribution >= 4 is 18.7 Å². The van der Waals surface area contributed by atoms with Crippen LogP contribution < -0.4 is 10.8 Å². The number of amides is 1. The van der Waals surface area contributed by atoms with E-state index in [0.29, 0.717) is 6.61 Å². The molecule has 0 aliphatic carbocycles. The first-order valence-electron chi connectivity index (χ1n) is 8.05. The topological polar surface area (TPSA) is 56.8 Å². The van der Waals surface area contributed by atoms with Gasteiger partial charge in [0.1, 0.15) is 0 Å². The molecule has 0 unspecified atom stereocenters. The molecule has 1 amide bonds. The second kappa shape index (κ2) is 6.53. The van der Waals surface area contributed by atoms with Crippen LogP contribution in [0.4, 0.5) is 4.79 Å². The fraction of sp³-hybridized carbons (Fsp3) is 0.588. The van der Waals surface area contributed by atoms with Crippen LogP contribution in [-0.4, -0.2) is 31.0 Å². The molecule has 5 nitrogen and oxygen atoms in total. The zero-order valence-corrected chi connectivity index (χ0v) is 14.8. The first-order valence-corrected chi connectivity index (χ1v) is 8.05. The summed E-state index contributed by atoms with van der Waals surface area (Å²) < 4.78 is 17.1. The molecule has 0 bridgehead atoms. The fourth-order valence-corrected chi connectivity index (χ4v) is 2.39. The largest absolute Gasteiger partial charge is 0.494 e. The highest BCUT2D eigenvalue weighted by molar-refractivity contribution is 6.62. The van der Waals surface area contributed by atoms with E-state index in [-0.39, 0.29) is 17.2 Å². The van der Waals surface area contributed by atoms with Crippen LogP contribution >= 0.6 is 0 Å². The SMILES string of the molecule is CCOC(=O)N[C@H](C)c1cccc(B2OC(C)(C)C(C)(C)O2)c1. The standard InChI is InChI=1S/C17H26BNO4/c1-7-21-15(20)19-12(2)13-9-8-10-14(11-13)18-22-16(3,4)17(5,6)23-18/h8-12H,7H2,1-6H3,(H,19,20)/t12-/m1/s1. The quantitative estimate of drug-likeness (QED) is 0.867. The van der Waals surface area contributed by atoms with Crippen LogP contribution in [0.2, 0.25) is 0 Å². The Bertz CT molecular complexity index is 557. The van der Waals surface area contributed by atoms with Gasteiger partial charge in [-0.25, -0.2) is 4.79 Å². The summed E-state index contributed by atoms with van der Waals surface area (Å²) in [4.78, 5) is 11.6. The molecule has 1 aliphatic heterocycles. The van der Waals surface area contributed by atoms with E-state index in [0.717, 1.165) is 11.0 Å². The number of hydrogen-bond donors (Lipinski definition) is 1. The highest BCUT2D eigenvalue weighted by Gasteiger charge is 2.51. The predicted molar refractivity (Wildman–Crippen MR) is 90.7 cm³/mol. The average molecular weight is 319 g/mol. The summed E-state index contributed by atoms with van der Waals surface area (Å²) in [7, 11) is -0.408. The summed E-state index contributed by atoms with van der Waals surface area (Å²) in [5, 5.41) is 2.80. The fourth-order valence-electron chi connectivity index (χ4n) is 2.39. The summed E-state index contributed by atoms with van der Waals surface area (Å²) in [6.45, 7) is 12.2. The van der Waals surface area contributed by atoms with E-state index in [1.807, 2.05) is 58.9 Å². The normalized spacial score (nSPS) is 20.2. The molecule has 1 heterocycles. The number of alkyl carbamates (subject to hydrolysis) is 1. The number of rotatable bonds is 4. The van der Waals surface area contributed by atoms with Gasteiger partial charge in [0.2, 0.25) is 0 Å². The van der Waals surface area contributed by atoms with E-state index < -0.39 is 13.2 Å². The lowest BCUT2D eigenvalue weighted by Crippen LogP contribution is -2.41. The molecular formula is C17H26BNO4. The number of nitrogens with one attached hydrogen (secondary N) is 1. The van der Waals surface area contributed by atoms with Crippen LogP contribution in [0.25, 0.3) is 0 Å². The molecule has 0 saturated carbocycles. The Hall–Kier alpha value is -1.53. The van der Waals surface area contributed by atoms with Gasteiger partial charge in [0.15, 0.2) is 0 Å². The van der Waals surface area contributed by atoms with Gasteiger partial charge in [-0.3, -0.25) is 0 Å². The molecule has 23 heavy (non-hydrogen) atoms. The highest BCUT2D eigenvalue weighted by Crippen LogP contribution is 2.36. The van der Waals surface area contributed by atoms with Crippen molar-refractivity contribution in [3.8, 4) is 0 Å². The summed E-state index contributed by atoms with van der Waals surface area (Å²) in [6.07, 6.45) is -0.416. The smallest absolute Gasteiger partial charge is 0.450 e. The molecule has 1 aromatic carbocycles. The number of hydrogen-bond acceptors (Lipinski definition) is 4. The van der Waals surface area contributed by atoms with Crippen LogP contribution in [0, 0.1) is 0 Å². The van der Waals surface area contributed by atoms with E-state index in [1.54, 1.807) is 6.92 Å². The molecule has 1 aliphatic rings. The van der Waals surface area contributed by atoms with Gasteiger partial charge in [-0.05, 0) is 52.6 Å². The number of benzene rings is 1. The van der Waals surface area contributed by atoms with E-state index >= 15 is 0 Å². The maximum Gasteiger partial charge on any atom is 0.494 e. The molecule has 6 heteroatoms. The number of carbonyl (C=O) groups is 1. The lowest BCUT2D eigenvalue weighted by molar-refractivity contribution is 0.00578. The minimum absolute atomic E-state index is 0.156. The maximum absolute atomic E-state index is 11.6. The molecule has 1 atom stereocenters. The third-order valence-corrected chi connectivity index (χ3v) is 4.55. The second-order valence-electron chi connectivity index (χ2n) is 6.84. The van der Waals surface area contributed by atoms with Crippen molar-refractivity contribution in [1.82, 2.24) is 5.32 Å². The molecule has 0 radical (unpaired) electrons.